The molecule has 0 aromatic heterocycles. The molecule has 4 heteroatoms. The Morgan fingerprint density at radius 3 is 2.41 bits per heavy atom. The first-order chi connectivity index (χ1) is 10.6. The van der Waals surface area contributed by atoms with Crippen LogP contribution >= 0.6 is 0 Å². The molecule has 1 unspecified atom stereocenters. The minimum Gasteiger partial charge on any atom is -0.488 e. The largest absolute Gasteiger partial charge is 0.488 e. The fourth-order valence-corrected chi connectivity index (χ4v) is 3.75. The summed E-state index contributed by atoms with van der Waals surface area (Å²) in [4.78, 5) is 2.51. The Hall–Kier alpha value is -1.26. The molecule has 2 bridgehead atoms. The van der Waals surface area contributed by atoms with E-state index < -0.39 is 0 Å². The minimum atomic E-state index is 0.156. The Kier molecular flexibility index (Phi) is 4.89. The van der Waals surface area contributed by atoms with Crippen LogP contribution in [0, 0.1) is 11.8 Å². The molecule has 3 atom stereocenters. The normalized spacial score (nSPS) is 28.1. The highest BCUT2D eigenvalue weighted by atomic mass is 16.5. The molecule has 1 aromatic rings. The van der Waals surface area contributed by atoms with Crippen molar-refractivity contribution in [2.45, 2.75) is 38.8 Å². The van der Waals surface area contributed by atoms with E-state index in [1.54, 1.807) is 0 Å². The molecule has 2 aliphatic rings. The molecule has 2 fully saturated rings. The quantitative estimate of drug-likeness (QED) is 0.877. The molecule has 3 rings (SSSR count). The van der Waals surface area contributed by atoms with E-state index in [2.05, 4.69) is 4.90 Å². The number of ether oxygens (including phenoxy) is 2. The van der Waals surface area contributed by atoms with Gasteiger partial charge in [-0.15, -0.1) is 0 Å². The van der Waals surface area contributed by atoms with Gasteiger partial charge >= 0.3 is 0 Å². The van der Waals surface area contributed by atoms with E-state index in [-0.39, 0.29) is 6.10 Å². The van der Waals surface area contributed by atoms with E-state index >= 15 is 0 Å². The van der Waals surface area contributed by atoms with Gasteiger partial charge in [-0.1, -0.05) is 12.1 Å². The van der Waals surface area contributed by atoms with Gasteiger partial charge in [-0.2, -0.15) is 0 Å². The fraction of sp³-hybridized carbons (Fsp3) is 0.667. The maximum atomic E-state index is 6.26. The van der Waals surface area contributed by atoms with Gasteiger partial charge in [0.15, 0.2) is 11.5 Å². The Morgan fingerprint density at radius 1 is 1.14 bits per heavy atom. The van der Waals surface area contributed by atoms with Crippen molar-refractivity contribution in [3.63, 3.8) is 0 Å². The molecule has 22 heavy (non-hydrogen) atoms. The van der Waals surface area contributed by atoms with E-state index in [9.17, 15) is 0 Å². The van der Waals surface area contributed by atoms with Gasteiger partial charge in [-0.3, -0.25) is 4.90 Å². The van der Waals surface area contributed by atoms with Crippen LogP contribution in [0.25, 0.3) is 0 Å². The van der Waals surface area contributed by atoms with Crippen LogP contribution in [0.1, 0.15) is 26.7 Å². The number of hydrogen-bond acceptors (Lipinski definition) is 4. The van der Waals surface area contributed by atoms with Gasteiger partial charge < -0.3 is 15.2 Å². The lowest BCUT2D eigenvalue weighted by Crippen LogP contribution is -2.49. The highest BCUT2D eigenvalue weighted by molar-refractivity contribution is 5.39. The van der Waals surface area contributed by atoms with Crippen molar-refractivity contribution in [1.82, 2.24) is 4.90 Å². The molecule has 4 nitrogen and oxygen atoms in total. The molecule has 0 spiro atoms. The molecule has 1 aromatic carbocycles. The Morgan fingerprint density at radius 2 is 1.77 bits per heavy atom. The minimum absolute atomic E-state index is 0.156. The maximum absolute atomic E-state index is 6.26. The van der Waals surface area contributed by atoms with Crippen molar-refractivity contribution in [3.05, 3.63) is 24.3 Å². The van der Waals surface area contributed by atoms with E-state index in [0.29, 0.717) is 24.5 Å². The number of likely N-dealkylation sites (tertiary alicyclic amines) is 1. The summed E-state index contributed by atoms with van der Waals surface area (Å²) in [6.07, 6.45) is 2.76. The predicted molar refractivity (Wildman–Crippen MR) is 88.3 cm³/mol. The zero-order valence-electron chi connectivity index (χ0n) is 13.7. The van der Waals surface area contributed by atoms with E-state index in [0.717, 1.165) is 31.1 Å². The summed E-state index contributed by atoms with van der Waals surface area (Å²) in [5.41, 5.74) is 6.26. The van der Waals surface area contributed by atoms with Gasteiger partial charge in [0.1, 0.15) is 6.61 Å². The van der Waals surface area contributed by atoms with Gasteiger partial charge in [-0.25, -0.2) is 0 Å². The fourth-order valence-electron chi connectivity index (χ4n) is 3.75. The highest BCUT2D eigenvalue weighted by Gasteiger charge is 2.39. The van der Waals surface area contributed by atoms with Gasteiger partial charge in [-0.05, 0) is 50.7 Å². The van der Waals surface area contributed by atoms with Crippen LogP contribution in [0.3, 0.4) is 0 Å². The number of hydrogen-bond donors (Lipinski definition) is 1. The third kappa shape index (κ3) is 3.55. The second-order valence-electron chi connectivity index (χ2n) is 6.90. The SMILES string of the molecule is CC(C)Oc1ccccc1OCCN1C[C@H]2CC[C@@H](C1)C2N. The van der Waals surface area contributed by atoms with Crippen LogP contribution in [-0.4, -0.2) is 43.3 Å². The monoisotopic (exact) mass is 304 g/mol. The predicted octanol–water partition coefficient (Wildman–Crippen LogP) is 2.52. The standard InChI is InChI=1S/C18H28N2O2/c1-13(2)22-17-6-4-3-5-16(17)21-10-9-20-11-14-7-8-15(12-20)18(14)19/h3-6,13-15,18H,7-12,19H2,1-2H3/t14-,15+,18?. The summed E-state index contributed by atoms with van der Waals surface area (Å²) in [5, 5.41) is 0. The first-order valence-electron chi connectivity index (χ1n) is 8.50. The topological polar surface area (TPSA) is 47.7 Å². The first-order valence-corrected chi connectivity index (χ1v) is 8.50. The lowest BCUT2D eigenvalue weighted by atomic mass is 9.93. The summed E-state index contributed by atoms with van der Waals surface area (Å²) in [7, 11) is 0. The van der Waals surface area contributed by atoms with Crippen molar-refractivity contribution in [2.24, 2.45) is 17.6 Å². The van der Waals surface area contributed by atoms with Gasteiger partial charge in [0.25, 0.3) is 0 Å². The molecule has 1 saturated carbocycles. The number of rotatable bonds is 6. The molecule has 0 radical (unpaired) electrons. The van der Waals surface area contributed by atoms with E-state index in [1.807, 2.05) is 38.1 Å². The van der Waals surface area contributed by atoms with Gasteiger partial charge in [0, 0.05) is 25.7 Å². The Balaban J connectivity index is 1.49. The third-order valence-corrected chi connectivity index (χ3v) is 4.86. The molecule has 122 valence electrons. The first kappa shape index (κ1) is 15.6. The highest BCUT2D eigenvalue weighted by Crippen LogP contribution is 2.35. The lowest BCUT2D eigenvalue weighted by molar-refractivity contribution is 0.124. The molecule has 1 aliphatic carbocycles. The van der Waals surface area contributed by atoms with E-state index in [1.165, 1.54) is 12.8 Å². The summed E-state index contributed by atoms with van der Waals surface area (Å²) in [5.74, 6) is 3.05. The van der Waals surface area contributed by atoms with Gasteiger partial charge in [0.05, 0.1) is 6.10 Å². The maximum Gasteiger partial charge on any atom is 0.161 e. The van der Waals surface area contributed by atoms with Crippen molar-refractivity contribution >= 4 is 0 Å². The van der Waals surface area contributed by atoms with Crippen LogP contribution < -0.4 is 15.2 Å². The average Bonchev–Trinajstić information content (AvgIpc) is 2.71. The van der Waals surface area contributed by atoms with Crippen LogP contribution in [0.2, 0.25) is 0 Å². The van der Waals surface area contributed by atoms with Gasteiger partial charge in [0.2, 0.25) is 0 Å². The number of fused-ring (bicyclic) bond motifs is 2. The van der Waals surface area contributed by atoms with Crippen molar-refractivity contribution in [3.8, 4) is 11.5 Å². The number of nitrogens with two attached hydrogens (primary N) is 1. The van der Waals surface area contributed by atoms with Crippen LogP contribution in [-0.2, 0) is 0 Å². The molecule has 0 amide bonds. The zero-order chi connectivity index (χ0) is 15.5. The second kappa shape index (κ2) is 6.88. The summed E-state index contributed by atoms with van der Waals surface area (Å²) >= 11 is 0. The molecule has 1 aliphatic heterocycles. The van der Waals surface area contributed by atoms with Crippen molar-refractivity contribution < 1.29 is 9.47 Å². The van der Waals surface area contributed by atoms with Crippen LogP contribution in [0.4, 0.5) is 0 Å². The summed E-state index contributed by atoms with van der Waals surface area (Å²) in [6.45, 7) is 7.99. The van der Waals surface area contributed by atoms with E-state index in [4.69, 9.17) is 15.2 Å². The number of piperidine rings is 1. The molecule has 1 saturated heterocycles. The molecule has 2 N–H and O–H groups in total. The Bertz CT molecular complexity index is 478. The average molecular weight is 304 g/mol. The lowest BCUT2D eigenvalue weighted by Gasteiger charge is -2.36. The summed E-state index contributed by atoms with van der Waals surface area (Å²) < 4.78 is 11.8. The van der Waals surface area contributed by atoms with Crippen LogP contribution in [0.15, 0.2) is 24.3 Å². The third-order valence-electron chi connectivity index (χ3n) is 4.86. The van der Waals surface area contributed by atoms with Crippen LogP contribution in [0.5, 0.6) is 11.5 Å². The molecular weight excluding hydrogens is 276 g/mol. The smallest absolute Gasteiger partial charge is 0.161 e. The second-order valence-corrected chi connectivity index (χ2v) is 6.90. The molecular formula is C18H28N2O2. The number of benzene rings is 1. The van der Waals surface area contributed by atoms with Crippen molar-refractivity contribution in [2.75, 3.05) is 26.2 Å². The molecule has 1 heterocycles. The number of para-hydroxylation sites is 2. The Labute approximate surface area is 133 Å². The number of nitrogens with zero attached hydrogens (tertiary/aromatic N) is 1. The zero-order valence-corrected chi connectivity index (χ0v) is 13.7. The summed E-state index contributed by atoms with van der Waals surface area (Å²) in [6, 6.07) is 8.34. The van der Waals surface area contributed by atoms with Crippen molar-refractivity contribution in [1.29, 1.82) is 0 Å².